The molecule has 0 bridgehead atoms. The second-order valence-electron chi connectivity index (χ2n) is 8.23. The van der Waals surface area contributed by atoms with Gasteiger partial charge in [-0.25, -0.2) is 0 Å². The van der Waals surface area contributed by atoms with Crippen molar-refractivity contribution in [1.82, 2.24) is 0 Å². The van der Waals surface area contributed by atoms with Gasteiger partial charge in [0.25, 0.3) is 0 Å². The fraction of sp³-hybridized carbons (Fsp3) is 0.429. The molecule has 1 aliphatic carbocycles. The molecule has 3 rings (SSSR count). The summed E-state index contributed by atoms with van der Waals surface area (Å²) in [4.78, 5) is 26.4. The van der Waals surface area contributed by atoms with Crippen molar-refractivity contribution < 1.29 is 42.3 Å². The number of hydrogen-bond acceptors (Lipinski definition) is 2. The standard InChI is InChI=1S/C17H23NO2.C9H10.C2H6.Y/c1-7-15(19)17(5,6)18(16(20)12(2)3)14-11-9-8-10-13(14)4;1-2-5-9-7-3-6-8(9)4-1;1-2;/h8-11H,4,7H2,1-3,5-6H3;1-2,4-5H,3,6-7H2;1-2H3;/q-2;;;. The maximum absolute atomic E-state index is 12.6. The molecule has 0 saturated heterocycles. The van der Waals surface area contributed by atoms with Crippen molar-refractivity contribution >= 4 is 17.4 Å². The van der Waals surface area contributed by atoms with E-state index in [0.29, 0.717) is 18.0 Å². The van der Waals surface area contributed by atoms with Gasteiger partial charge < -0.3 is 9.69 Å². The molecule has 0 heterocycles. The SMILES string of the molecule is CC.[CH2-]c1ccccc1N(C(=O)[C-](C)C)C(C)(C)C(=O)CC.[Y].c1ccc2c(c1)CCC2. The number of Topliss-reactive ketones (excluding diaryl/α,β-unsaturated/α-hetero) is 1. The molecule has 3 nitrogen and oxygen atoms in total. The normalized spacial score (nSPS) is 11.5. The molecular weight excluding hydrogens is 471 g/mol. The number of ketones is 1. The summed E-state index contributed by atoms with van der Waals surface area (Å²) in [6.45, 7) is 16.9. The molecule has 2 aromatic rings. The Hall–Kier alpha value is -1.58. The van der Waals surface area contributed by atoms with Gasteiger partial charge in [-0.3, -0.25) is 10.7 Å². The van der Waals surface area contributed by atoms with Crippen molar-refractivity contribution in [2.45, 2.75) is 79.7 Å². The Morgan fingerprint density at radius 1 is 0.969 bits per heavy atom. The summed E-state index contributed by atoms with van der Waals surface area (Å²) >= 11 is 0. The maximum Gasteiger partial charge on any atom is 0.156 e. The van der Waals surface area contributed by atoms with Crippen molar-refractivity contribution in [3.63, 3.8) is 0 Å². The van der Waals surface area contributed by atoms with Crippen LogP contribution in [-0.2, 0) is 55.1 Å². The second-order valence-corrected chi connectivity index (χ2v) is 8.23. The van der Waals surface area contributed by atoms with Gasteiger partial charge in [0, 0.05) is 39.1 Å². The van der Waals surface area contributed by atoms with Gasteiger partial charge in [-0.15, -0.1) is 6.07 Å². The van der Waals surface area contributed by atoms with Crippen LogP contribution in [0.3, 0.4) is 0 Å². The van der Waals surface area contributed by atoms with Gasteiger partial charge in [0.1, 0.15) is 0 Å². The van der Waals surface area contributed by atoms with E-state index in [1.807, 2.05) is 45.0 Å². The van der Waals surface area contributed by atoms with Crippen molar-refractivity contribution in [1.29, 1.82) is 0 Å². The molecule has 0 aromatic heterocycles. The molecule has 173 valence electrons. The number of rotatable bonds is 5. The zero-order chi connectivity index (χ0) is 23.6. The Labute approximate surface area is 221 Å². The maximum atomic E-state index is 12.6. The summed E-state index contributed by atoms with van der Waals surface area (Å²) in [6, 6.07) is 16.1. The number of fused-ring (bicyclic) bond motifs is 1. The Bertz CT molecular complexity index is 835. The molecule has 32 heavy (non-hydrogen) atoms. The van der Waals surface area contributed by atoms with Gasteiger partial charge >= 0.3 is 0 Å². The zero-order valence-corrected chi connectivity index (χ0v) is 23.8. The topological polar surface area (TPSA) is 37.4 Å². The minimum Gasteiger partial charge on any atom is -0.379 e. The van der Waals surface area contributed by atoms with Gasteiger partial charge in [-0.2, -0.15) is 32.4 Å². The molecule has 0 fully saturated rings. The Kier molecular flexibility index (Phi) is 13.8. The fourth-order valence-electron chi connectivity index (χ4n) is 3.69. The number of nitrogens with zero attached hydrogens (tertiary/aromatic N) is 1. The van der Waals surface area contributed by atoms with Crippen molar-refractivity contribution in [2.75, 3.05) is 4.90 Å². The van der Waals surface area contributed by atoms with Crippen LogP contribution in [0.2, 0.25) is 0 Å². The third-order valence-electron chi connectivity index (χ3n) is 5.44. The first kappa shape index (κ1) is 30.4. The van der Waals surface area contributed by atoms with Crippen LogP contribution in [-0.4, -0.2) is 17.2 Å². The molecule has 0 unspecified atom stereocenters. The molecule has 1 radical (unpaired) electrons. The Morgan fingerprint density at radius 3 is 1.88 bits per heavy atom. The third kappa shape index (κ3) is 7.78. The number of carbonyl (C=O) groups excluding carboxylic acids is 2. The van der Waals surface area contributed by atoms with E-state index >= 15 is 0 Å². The molecule has 2 aromatic carbocycles. The molecule has 0 saturated carbocycles. The average Bonchev–Trinajstić information content (AvgIpc) is 3.25. The molecule has 4 heteroatoms. The van der Waals surface area contributed by atoms with Crippen LogP contribution in [0.15, 0.2) is 48.5 Å². The van der Waals surface area contributed by atoms with E-state index in [9.17, 15) is 9.59 Å². The van der Waals surface area contributed by atoms with Crippen LogP contribution in [0.1, 0.15) is 78.0 Å². The molecule has 0 atom stereocenters. The van der Waals surface area contributed by atoms with E-state index in [1.54, 1.807) is 43.7 Å². The minimum atomic E-state index is -0.892. The second kappa shape index (κ2) is 14.5. The number of benzene rings is 2. The van der Waals surface area contributed by atoms with Crippen molar-refractivity contribution in [3.8, 4) is 0 Å². The van der Waals surface area contributed by atoms with Crippen LogP contribution in [0.5, 0.6) is 0 Å². The first-order valence-electron chi connectivity index (χ1n) is 11.4. The smallest absolute Gasteiger partial charge is 0.156 e. The first-order chi connectivity index (χ1) is 14.7. The molecule has 0 spiro atoms. The quantitative estimate of drug-likeness (QED) is 0.416. The van der Waals surface area contributed by atoms with Crippen LogP contribution in [0.4, 0.5) is 5.69 Å². The Balaban J connectivity index is 0.000000662. The van der Waals surface area contributed by atoms with E-state index in [4.69, 9.17) is 0 Å². The summed E-state index contributed by atoms with van der Waals surface area (Å²) in [5.74, 6) is 0.522. The number of amides is 1. The van der Waals surface area contributed by atoms with Gasteiger partial charge in [0.15, 0.2) is 5.78 Å². The average molecular weight is 511 g/mol. The molecule has 1 amide bonds. The number of hydrogen-bond donors (Lipinski definition) is 0. The summed E-state index contributed by atoms with van der Waals surface area (Å²) < 4.78 is 0. The Morgan fingerprint density at radius 2 is 1.44 bits per heavy atom. The molecule has 1 aliphatic rings. The van der Waals surface area contributed by atoms with E-state index < -0.39 is 5.54 Å². The van der Waals surface area contributed by atoms with Crippen molar-refractivity contribution in [3.05, 3.63) is 78.1 Å². The minimum absolute atomic E-state index is 0. The van der Waals surface area contributed by atoms with E-state index in [1.165, 1.54) is 19.3 Å². The number of aryl methyl sites for hydroxylation is 2. The predicted molar refractivity (Wildman–Crippen MR) is 132 cm³/mol. The number of para-hydroxylation sites is 1. The van der Waals surface area contributed by atoms with Crippen LogP contribution < -0.4 is 4.90 Å². The summed E-state index contributed by atoms with van der Waals surface area (Å²) in [5, 5.41) is 0. The van der Waals surface area contributed by atoms with Gasteiger partial charge in [0.2, 0.25) is 0 Å². The number of carbonyl (C=O) groups is 2. The zero-order valence-electron chi connectivity index (χ0n) is 21.0. The van der Waals surface area contributed by atoms with Crippen LogP contribution in [0, 0.1) is 12.8 Å². The first-order valence-corrected chi connectivity index (χ1v) is 11.4. The van der Waals surface area contributed by atoms with Crippen LogP contribution >= 0.6 is 0 Å². The van der Waals surface area contributed by atoms with E-state index in [2.05, 4.69) is 31.2 Å². The van der Waals surface area contributed by atoms with Crippen molar-refractivity contribution in [2.24, 2.45) is 0 Å². The van der Waals surface area contributed by atoms with E-state index in [-0.39, 0.29) is 44.4 Å². The summed E-state index contributed by atoms with van der Waals surface area (Å²) in [5.41, 5.74) is 3.66. The molecular formula is C28H39NO2Y-2. The monoisotopic (exact) mass is 510 g/mol. The number of anilines is 1. The van der Waals surface area contributed by atoms with Gasteiger partial charge in [0.05, 0.1) is 11.4 Å². The van der Waals surface area contributed by atoms with E-state index in [0.717, 1.165) is 5.56 Å². The largest absolute Gasteiger partial charge is 0.379 e. The fourth-order valence-corrected chi connectivity index (χ4v) is 3.69. The molecule has 0 N–H and O–H groups in total. The van der Waals surface area contributed by atoms with Gasteiger partial charge in [-0.05, 0) is 44.2 Å². The van der Waals surface area contributed by atoms with Crippen LogP contribution in [0.25, 0.3) is 0 Å². The predicted octanol–water partition coefficient (Wildman–Crippen LogP) is 6.77. The van der Waals surface area contributed by atoms with Gasteiger partial charge in [-0.1, -0.05) is 62.9 Å². The third-order valence-corrected chi connectivity index (χ3v) is 5.44. The summed E-state index contributed by atoms with van der Waals surface area (Å²) in [6.07, 6.45) is 4.35. The summed E-state index contributed by atoms with van der Waals surface area (Å²) in [7, 11) is 0. The molecule has 0 aliphatic heterocycles.